The molecule has 8 nitrogen and oxygen atoms in total. The molecule has 0 aliphatic carbocycles. The second kappa shape index (κ2) is 7.51. The van der Waals surface area contributed by atoms with Crippen LogP contribution in [-0.4, -0.2) is 26.8 Å². The summed E-state index contributed by atoms with van der Waals surface area (Å²) in [6.07, 6.45) is 1.39. The first kappa shape index (κ1) is 19.1. The molecule has 0 unspecified atom stereocenters. The number of nitrogens with one attached hydrogen (secondary N) is 1. The molecule has 0 radical (unpaired) electrons. The van der Waals surface area contributed by atoms with Crippen LogP contribution in [0.3, 0.4) is 0 Å². The van der Waals surface area contributed by atoms with Crippen LogP contribution in [0.25, 0.3) is 16.9 Å². The largest absolute Gasteiger partial charge is 0.365 e. The van der Waals surface area contributed by atoms with Gasteiger partial charge in [-0.2, -0.15) is 5.10 Å². The summed E-state index contributed by atoms with van der Waals surface area (Å²) in [7, 11) is 0. The van der Waals surface area contributed by atoms with Crippen molar-refractivity contribution in [1.82, 2.24) is 14.9 Å². The van der Waals surface area contributed by atoms with Gasteiger partial charge in [0.1, 0.15) is 11.3 Å². The zero-order valence-electron chi connectivity index (χ0n) is 16.1. The van der Waals surface area contributed by atoms with Crippen molar-refractivity contribution in [1.29, 1.82) is 0 Å². The molecular formula is C20H21N5O3. The van der Waals surface area contributed by atoms with E-state index in [2.05, 4.69) is 15.6 Å². The lowest BCUT2D eigenvalue weighted by Crippen LogP contribution is -2.16. The van der Waals surface area contributed by atoms with Gasteiger partial charge in [-0.1, -0.05) is 28.9 Å². The SMILES string of the molecule is CC(C)=CC(=O)Nc1onc(-c2c(C)nn(-c3ccccc3)c2C)c1C(N)=O. The van der Waals surface area contributed by atoms with Gasteiger partial charge < -0.3 is 10.3 Å². The van der Waals surface area contributed by atoms with E-state index in [1.54, 1.807) is 18.5 Å². The normalized spacial score (nSPS) is 10.6. The zero-order valence-corrected chi connectivity index (χ0v) is 16.1. The van der Waals surface area contributed by atoms with Crippen LogP contribution >= 0.6 is 0 Å². The third-order valence-electron chi connectivity index (χ3n) is 4.12. The molecule has 8 heteroatoms. The Labute approximate surface area is 162 Å². The standard InChI is InChI=1S/C20H21N5O3/c1-11(2)10-15(26)22-20-17(19(21)27)18(24-28-20)16-12(3)23-25(13(16)4)14-8-6-5-7-9-14/h5-10H,1-4H3,(H2,21,27)(H,22,26). The molecule has 0 atom stereocenters. The Balaban J connectivity index is 2.10. The van der Waals surface area contributed by atoms with E-state index in [9.17, 15) is 9.59 Å². The maximum absolute atomic E-state index is 12.1. The molecule has 3 rings (SSSR count). The Morgan fingerprint density at radius 3 is 2.46 bits per heavy atom. The van der Waals surface area contributed by atoms with Gasteiger partial charge in [-0.15, -0.1) is 0 Å². The molecule has 2 heterocycles. The first-order valence-electron chi connectivity index (χ1n) is 8.67. The van der Waals surface area contributed by atoms with Crippen molar-refractivity contribution in [3.8, 4) is 16.9 Å². The summed E-state index contributed by atoms with van der Waals surface area (Å²) in [5, 5.41) is 11.1. The van der Waals surface area contributed by atoms with Crippen LogP contribution in [-0.2, 0) is 4.79 Å². The van der Waals surface area contributed by atoms with E-state index < -0.39 is 11.8 Å². The number of nitrogens with two attached hydrogens (primary N) is 1. The molecule has 0 aliphatic rings. The van der Waals surface area contributed by atoms with Gasteiger partial charge >= 0.3 is 0 Å². The highest BCUT2D eigenvalue weighted by Gasteiger charge is 2.27. The van der Waals surface area contributed by atoms with Gasteiger partial charge in [0.05, 0.1) is 17.1 Å². The first-order chi connectivity index (χ1) is 13.3. The van der Waals surface area contributed by atoms with E-state index in [0.717, 1.165) is 17.0 Å². The van der Waals surface area contributed by atoms with Crippen molar-refractivity contribution in [2.45, 2.75) is 27.7 Å². The fourth-order valence-electron chi connectivity index (χ4n) is 2.99. The molecule has 28 heavy (non-hydrogen) atoms. The van der Waals surface area contributed by atoms with Crippen LogP contribution in [0.15, 0.2) is 46.5 Å². The molecule has 3 N–H and O–H groups in total. The molecule has 0 aliphatic heterocycles. The minimum atomic E-state index is -0.755. The van der Waals surface area contributed by atoms with Crippen LogP contribution < -0.4 is 11.1 Å². The van der Waals surface area contributed by atoms with Gasteiger partial charge in [0.2, 0.25) is 5.88 Å². The highest BCUT2D eigenvalue weighted by Crippen LogP contribution is 2.33. The lowest BCUT2D eigenvalue weighted by Gasteiger charge is -2.05. The molecule has 1 aromatic carbocycles. The van der Waals surface area contributed by atoms with E-state index >= 15 is 0 Å². The molecule has 144 valence electrons. The molecule has 2 amide bonds. The fourth-order valence-corrected chi connectivity index (χ4v) is 2.99. The Morgan fingerprint density at radius 1 is 1.18 bits per heavy atom. The number of primary amides is 1. The number of amides is 2. The van der Waals surface area contributed by atoms with E-state index in [1.807, 2.05) is 44.2 Å². The second-order valence-electron chi connectivity index (χ2n) is 6.60. The molecule has 3 aromatic rings. The Hall–Kier alpha value is -3.68. The summed E-state index contributed by atoms with van der Waals surface area (Å²) >= 11 is 0. The number of hydrogen-bond acceptors (Lipinski definition) is 5. The third kappa shape index (κ3) is 3.57. The van der Waals surface area contributed by atoms with E-state index in [-0.39, 0.29) is 17.1 Å². The van der Waals surface area contributed by atoms with Crippen molar-refractivity contribution in [2.24, 2.45) is 5.73 Å². The molecule has 0 fully saturated rings. The maximum Gasteiger partial charge on any atom is 0.256 e. The smallest absolute Gasteiger partial charge is 0.256 e. The lowest BCUT2D eigenvalue weighted by molar-refractivity contribution is -0.112. The number of carbonyl (C=O) groups is 2. The zero-order chi connectivity index (χ0) is 20.4. The highest BCUT2D eigenvalue weighted by atomic mass is 16.5. The van der Waals surface area contributed by atoms with Gasteiger partial charge in [-0.05, 0) is 39.8 Å². The minimum absolute atomic E-state index is 0.00863. The average Bonchev–Trinajstić information content (AvgIpc) is 3.15. The third-order valence-corrected chi connectivity index (χ3v) is 4.12. The Kier molecular flexibility index (Phi) is 5.12. The molecule has 2 aromatic heterocycles. The summed E-state index contributed by atoms with van der Waals surface area (Å²) < 4.78 is 7.00. The predicted molar refractivity (Wildman–Crippen MR) is 105 cm³/mol. The van der Waals surface area contributed by atoms with Crippen LogP contribution in [0.4, 0.5) is 5.88 Å². The highest BCUT2D eigenvalue weighted by molar-refractivity contribution is 6.08. The van der Waals surface area contributed by atoms with Gasteiger partial charge in [0.25, 0.3) is 11.8 Å². The van der Waals surface area contributed by atoms with Gasteiger partial charge in [-0.3, -0.25) is 14.9 Å². The van der Waals surface area contributed by atoms with Crippen molar-refractivity contribution >= 4 is 17.7 Å². The quantitative estimate of drug-likeness (QED) is 0.661. The number of para-hydroxylation sites is 1. The summed E-state index contributed by atoms with van der Waals surface area (Å²) in [6, 6.07) is 9.58. The number of nitrogens with zero attached hydrogens (tertiary/aromatic N) is 3. The van der Waals surface area contributed by atoms with E-state index in [1.165, 1.54) is 6.08 Å². The topological polar surface area (TPSA) is 116 Å². The molecule has 0 spiro atoms. The first-order valence-corrected chi connectivity index (χ1v) is 8.67. The molecule has 0 saturated carbocycles. The van der Waals surface area contributed by atoms with Crippen LogP contribution in [0.1, 0.15) is 35.6 Å². The van der Waals surface area contributed by atoms with Crippen molar-refractivity contribution in [2.75, 3.05) is 5.32 Å². The Bertz CT molecular complexity index is 1070. The second-order valence-corrected chi connectivity index (χ2v) is 6.60. The molecular weight excluding hydrogens is 358 g/mol. The van der Waals surface area contributed by atoms with Gasteiger partial charge in [0, 0.05) is 11.6 Å². The number of aryl methyl sites for hydroxylation is 1. The van der Waals surface area contributed by atoms with E-state index in [0.29, 0.717) is 11.3 Å². The van der Waals surface area contributed by atoms with Crippen LogP contribution in [0.2, 0.25) is 0 Å². The average molecular weight is 379 g/mol. The fraction of sp³-hybridized carbons (Fsp3) is 0.200. The number of aromatic nitrogens is 3. The van der Waals surface area contributed by atoms with Crippen molar-refractivity contribution < 1.29 is 14.1 Å². The number of allylic oxidation sites excluding steroid dienone is 1. The van der Waals surface area contributed by atoms with Crippen LogP contribution in [0.5, 0.6) is 0 Å². The number of rotatable bonds is 5. The summed E-state index contributed by atoms with van der Waals surface area (Å²) in [5.74, 6) is -1.27. The predicted octanol–water partition coefficient (Wildman–Crippen LogP) is 3.15. The maximum atomic E-state index is 12.1. The Morgan fingerprint density at radius 2 is 1.86 bits per heavy atom. The van der Waals surface area contributed by atoms with Crippen molar-refractivity contribution in [3.05, 3.63) is 58.9 Å². The number of anilines is 1. The monoisotopic (exact) mass is 379 g/mol. The molecule has 0 saturated heterocycles. The lowest BCUT2D eigenvalue weighted by atomic mass is 10.1. The van der Waals surface area contributed by atoms with Crippen LogP contribution in [0, 0.1) is 13.8 Å². The summed E-state index contributed by atoms with van der Waals surface area (Å²) in [4.78, 5) is 24.1. The van der Waals surface area contributed by atoms with Crippen molar-refractivity contribution in [3.63, 3.8) is 0 Å². The number of carbonyl (C=O) groups excluding carboxylic acids is 2. The number of benzene rings is 1. The summed E-state index contributed by atoms with van der Waals surface area (Å²) in [6.45, 7) is 7.24. The van der Waals surface area contributed by atoms with Gasteiger partial charge in [0.15, 0.2) is 0 Å². The summed E-state index contributed by atoms with van der Waals surface area (Å²) in [5.41, 5.74) is 9.53. The molecule has 0 bridgehead atoms. The number of hydrogen-bond donors (Lipinski definition) is 2. The van der Waals surface area contributed by atoms with Gasteiger partial charge in [-0.25, -0.2) is 4.68 Å². The minimum Gasteiger partial charge on any atom is -0.365 e. The van der Waals surface area contributed by atoms with E-state index in [4.69, 9.17) is 10.3 Å².